The molecule has 1 saturated heterocycles. The van der Waals surface area contributed by atoms with Crippen LogP contribution in [0.5, 0.6) is 0 Å². The molecule has 1 aliphatic heterocycles. The van der Waals surface area contributed by atoms with Crippen molar-refractivity contribution < 1.29 is 4.79 Å². The van der Waals surface area contributed by atoms with Crippen molar-refractivity contribution >= 4 is 47.0 Å². The van der Waals surface area contributed by atoms with Crippen LogP contribution in [0.2, 0.25) is 0 Å². The van der Waals surface area contributed by atoms with Gasteiger partial charge in [0.2, 0.25) is 0 Å². The van der Waals surface area contributed by atoms with E-state index in [2.05, 4.69) is 23.7 Å². The maximum atomic E-state index is 10.8. The van der Waals surface area contributed by atoms with E-state index in [9.17, 15) is 4.79 Å². The van der Waals surface area contributed by atoms with Gasteiger partial charge < -0.3 is 0 Å². The average molecular weight is 271 g/mol. The molecule has 0 aromatic carbocycles. The fourth-order valence-corrected chi connectivity index (χ4v) is 4.27. The summed E-state index contributed by atoms with van der Waals surface area (Å²) in [7, 11) is 0. The molecule has 1 aliphatic carbocycles. The number of thiol groups is 1. The number of carbonyl (C=O) groups excluding carboxylic acids is 1. The summed E-state index contributed by atoms with van der Waals surface area (Å²) in [6.07, 6.45) is 7.31. The van der Waals surface area contributed by atoms with E-state index < -0.39 is 0 Å². The molecule has 0 saturated carbocycles. The molecule has 1 fully saturated rings. The lowest BCUT2D eigenvalue weighted by Crippen LogP contribution is -2.02. The van der Waals surface area contributed by atoms with Crippen LogP contribution in [0.3, 0.4) is 0 Å². The summed E-state index contributed by atoms with van der Waals surface area (Å²) < 4.78 is 0.376. The second-order valence-electron chi connectivity index (χ2n) is 3.56. The van der Waals surface area contributed by atoms with E-state index in [1.54, 1.807) is 0 Å². The fraction of sp³-hybridized carbons (Fsp3) is 0.455. The van der Waals surface area contributed by atoms with E-state index in [-0.39, 0.29) is 5.12 Å². The van der Waals surface area contributed by atoms with Gasteiger partial charge in [-0.05, 0) is 11.6 Å². The summed E-state index contributed by atoms with van der Waals surface area (Å²) in [6, 6.07) is 0. The predicted octanol–water partition coefficient (Wildman–Crippen LogP) is 2.92. The number of hydrogen-bond acceptors (Lipinski definition) is 4. The molecule has 0 bridgehead atoms. The minimum absolute atomic E-state index is 0.0850. The summed E-state index contributed by atoms with van der Waals surface area (Å²) >= 11 is 7.58. The second kappa shape index (κ2) is 5.98. The minimum Gasteiger partial charge on any atom is -0.287 e. The number of thioether (sulfide) groups is 2. The third-order valence-corrected chi connectivity index (χ3v) is 5.19. The number of carbonyl (C=O) groups is 1. The van der Waals surface area contributed by atoms with Crippen LogP contribution in [0.1, 0.15) is 12.8 Å². The summed E-state index contributed by atoms with van der Waals surface area (Å²) in [4.78, 5) is 15.5. The van der Waals surface area contributed by atoms with Crippen LogP contribution in [0.4, 0.5) is 0 Å². The van der Waals surface area contributed by atoms with Crippen LogP contribution in [-0.4, -0.2) is 27.0 Å². The van der Waals surface area contributed by atoms with Gasteiger partial charge in [0.15, 0.2) is 5.12 Å². The predicted molar refractivity (Wildman–Crippen MR) is 76.6 cm³/mol. The Morgan fingerprint density at radius 3 is 2.75 bits per heavy atom. The highest BCUT2D eigenvalue weighted by molar-refractivity contribution is 8.20. The van der Waals surface area contributed by atoms with Crippen molar-refractivity contribution in [3.63, 3.8) is 0 Å². The van der Waals surface area contributed by atoms with Crippen molar-refractivity contribution in [1.82, 2.24) is 0 Å². The number of nitrogens with zero attached hydrogens (tertiary/aromatic N) is 1. The van der Waals surface area contributed by atoms with Gasteiger partial charge in [0, 0.05) is 30.1 Å². The third-order valence-electron chi connectivity index (χ3n) is 2.29. The quantitative estimate of drug-likeness (QED) is 0.800. The van der Waals surface area contributed by atoms with Crippen molar-refractivity contribution in [3.8, 4) is 0 Å². The number of hydrogen-bond donors (Lipinski definition) is 1. The molecule has 0 atom stereocenters. The van der Waals surface area contributed by atoms with Crippen molar-refractivity contribution in [1.29, 1.82) is 0 Å². The molecule has 86 valence electrons. The van der Waals surface area contributed by atoms with E-state index in [1.165, 1.54) is 11.5 Å². The molecule has 1 heterocycles. The Morgan fingerprint density at radius 2 is 2.19 bits per heavy atom. The largest absolute Gasteiger partial charge is 0.287 e. The van der Waals surface area contributed by atoms with Crippen LogP contribution < -0.4 is 0 Å². The van der Waals surface area contributed by atoms with Crippen LogP contribution in [0.15, 0.2) is 28.8 Å². The Labute approximate surface area is 109 Å². The Bertz CT molecular complexity index is 367. The molecule has 0 unspecified atom stereocenters. The van der Waals surface area contributed by atoms with Crippen molar-refractivity contribution in [2.24, 2.45) is 4.99 Å². The summed E-state index contributed by atoms with van der Waals surface area (Å²) in [6.45, 7) is 0. The van der Waals surface area contributed by atoms with E-state index in [0.29, 0.717) is 11.1 Å². The topological polar surface area (TPSA) is 29.4 Å². The Hall–Kier alpha value is -0.130. The molecule has 2 rings (SSSR count). The molecule has 5 heteroatoms. The van der Waals surface area contributed by atoms with Gasteiger partial charge in [-0.25, -0.2) is 0 Å². The van der Waals surface area contributed by atoms with Gasteiger partial charge in [-0.3, -0.25) is 9.79 Å². The highest BCUT2D eigenvalue weighted by Crippen LogP contribution is 2.33. The number of aliphatic imine (C=N–C) groups is 1. The monoisotopic (exact) mass is 271 g/mol. The highest BCUT2D eigenvalue weighted by atomic mass is 32.2. The van der Waals surface area contributed by atoms with Crippen LogP contribution in [0, 0.1) is 0 Å². The van der Waals surface area contributed by atoms with E-state index in [4.69, 9.17) is 0 Å². The smallest absolute Gasteiger partial charge is 0.190 e. The summed E-state index contributed by atoms with van der Waals surface area (Å²) in [5.41, 5.74) is 2.16. The summed E-state index contributed by atoms with van der Waals surface area (Å²) in [5.74, 6) is 2.40. The first-order valence-corrected chi connectivity index (χ1v) is 7.67. The lowest BCUT2D eigenvalue weighted by atomic mass is 10.0. The molecule has 0 aromatic rings. The SMILES string of the molecule is O=C(S)CC1=CCC(=NC2SCCS2)C=C1. The molecule has 0 spiro atoms. The zero-order valence-electron chi connectivity index (χ0n) is 8.76. The first-order chi connectivity index (χ1) is 7.74. The van der Waals surface area contributed by atoms with E-state index in [1.807, 2.05) is 35.7 Å². The first-order valence-electron chi connectivity index (χ1n) is 5.13. The minimum atomic E-state index is -0.0850. The number of allylic oxidation sites excluding steroid dienone is 4. The number of rotatable bonds is 3. The lowest BCUT2D eigenvalue weighted by Gasteiger charge is -2.09. The van der Waals surface area contributed by atoms with E-state index in [0.717, 1.165) is 17.7 Å². The maximum absolute atomic E-state index is 10.8. The zero-order valence-corrected chi connectivity index (χ0v) is 11.3. The van der Waals surface area contributed by atoms with Gasteiger partial charge >= 0.3 is 0 Å². The lowest BCUT2D eigenvalue weighted by molar-refractivity contribution is -0.110. The van der Waals surface area contributed by atoms with Gasteiger partial charge in [-0.15, -0.1) is 36.2 Å². The average Bonchev–Trinajstić information content (AvgIpc) is 2.73. The standard InChI is InChI=1S/C11H13NOS3/c13-10(14)7-8-1-3-9(4-2-8)12-11-15-5-6-16-11/h1-3,11H,4-7H2,(H,13,14). The van der Waals surface area contributed by atoms with E-state index >= 15 is 0 Å². The van der Waals surface area contributed by atoms with Gasteiger partial charge in [-0.2, -0.15) is 0 Å². The molecule has 0 N–H and O–H groups in total. The van der Waals surface area contributed by atoms with Crippen LogP contribution in [0.25, 0.3) is 0 Å². The molecule has 2 aliphatic rings. The second-order valence-corrected chi connectivity index (χ2v) is 6.73. The molecule has 16 heavy (non-hydrogen) atoms. The fourth-order valence-electron chi connectivity index (χ4n) is 1.53. The van der Waals surface area contributed by atoms with Crippen LogP contribution >= 0.6 is 36.2 Å². The molecular weight excluding hydrogens is 258 g/mol. The van der Waals surface area contributed by atoms with Crippen molar-refractivity contribution in [2.75, 3.05) is 11.5 Å². The van der Waals surface area contributed by atoms with Crippen molar-refractivity contribution in [3.05, 3.63) is 23.8 Å². The molecular formula is C11H13NOS3. The van der Waals surface area contributed by atoms with Gasteiger partial charge in [0.05, 0.1) is 0 Å². The molecule has 0 amide bonds. The van der Waals surface area contributed by atoms with Crippen LogP contribution in [-0.2, 0) is 4.79 Å². The summed E-state index contributed by atoms with van der Waals surface area (Å²) in [5, 5.41) is -0.0850. The molecule has 0 aromatic heterocycles. The molecule has 0 radical (unpaired) electrons. The van der Waals surface area contributed by atoms with Gasteiger partial charge in [0.25, 0.3) is 0 Å². The zero-order chi connectivity index (χ0) is 11.4. The van der Waals surface area contributed by atoms with Gasteiger partial charge in [0.1, 0.15) is 4.71 Å². The maximum Gasteiger partial charge on any atom is 0.190 e. The van der Waals surface area contributed by atoms with Crippen molar-refractivity contribution in [2.45, 2.75) is 17.5 Å². The first kappa shape index (κ1) is 12.3. The third kappa shape index (κ3) is 3.71. The highest BCUT2D eigenvalue weighted by Gasteiger charge is 2.15. The Kier molecular flexibility index (Phi) is 4.61. The van der Waals surface area contributed by atoms with Gasteiger partial charge in [-0.1, -0.05) is 12.2 Å². The Balaban J connectivity index is 1.91. The Morgan fingerprint density at radius 1 is 1.44 bits per heavy atom. The molecule has 2 nitrogen and oxygen atoms in total. The normalized spacial score (nSPS) is 23.8.